The van der Waals surface area contributed by atoms with Gasteiger partial charge in [-0.15, -0.1) is 0 Å². The molecule has 0 heterocycles. The smallest absolute Gasteiger partial charge is 0.262 e. The SMILES string of the molecule is Cc1ccc(C#N)cc1S(=O)(=O)Nc1ccc(Cl)cc1N. The van der Waals surface area contributed by atoms with Crippen LogP contribution in [0.25, 0.3) is 0 Å². The van der Waals surface area contributed by atoms with Crippen LogP contribution in [0.1, 0.15) is 11.1 Å². The molecule has 0 aliphatic rings. The standard InChI is InChI=1S/C14H12ClN3O2S/c1-9-2-3-10(8-16)6-14(9)21(19,20)18-13-5-4-11(15)7-12(13)17/h2-7,18H,17H2,1H3. The largest absolute Gasteiger partial charge is 0.397 e. The number of halogens is 1. The van der Waals surface area contributed by atoms with Gasteiger partial charge in [0.1, 0.15) is 0 Å². The third-order valence-corrected chi connectivity index (χ3v) is 4.61. The van der Waals surface area contributed by atoms with Gasteiger partial charge in [-0.05, 0) is 42.8 Å². The van der Waals surface area contributed by atoms with Crippen LogP contribution < -0.4 is 10.5 Å². The Hall–Kier alpha value is -2.23. The average molecular weight is 322 g/mol. The van der Waals surface area contributed by atoms with Gasteiger partial charge in [0.15, 0.2) is 0 Å². The van der Waals surface area contributed by atoms with Gasteiger partial charge in [-0.1, -0.05) is 17.7 Å². The van der Waals surface area contributed by atoms with Gasteiger partial charge in [0.25, 0.3) is 10.0 Å². The molecule has 7 heteroatoms. The van der Waals surface area contributed by atoms with E-state index in [0.717, 1.165) is 0 Å². The molecule has 0 unspecified atom stereocenters. The van der Waals surface area contributed by atoms with Crippen LogP contribution in [0.5, 0.6) is 0 Å². The summed E-state index contributed by atoms with van der Waals surface area (Å²) >= 11 is 5.78. The van der Waals surface area contributed by atoms with Crippen molar-refractivity contribution in [1.29, 1.82) is 5.26 Å². The van der Waals surface area contributed by atoms with Crippen molar-refractivity contribution >= 4 is 33.0 Å². The third-order valence-electron chi connectivity index (χ3n) is 2.86. The van der Waals surface area contributed by atoms with E-state index < -0.39 is 10.0 Å². The van der Waals surface area contributed by atoms with Gasteiger partial charge < -0.3 is 5.73 Å². The summed E-state index contributed by atoms with van der Waals surface area (Å²) in [6, 6.07) is 10.9. The molecule has 0 aliphatic carbocycles. The molecule has 0 bridgehead atoms. The molecule has 2 rings (SSSR count). The number of anilines is 2. The Labute approximate surface area is 128 Å². The van der Waals surface area contributed by atoms with E-state index in [1.807, 2.05) is 6.07 Å². The van der Waals surface area contributed by atoms with Gasteiger partial charge in [-0.3, -0.25) is 4.72 Å². The summed E-state index contributed by atoms with van der Waals surface area (Å²) in [4.78, 5) is 0.0379. The van der Waals surface area contributed by atoms with Crippen LogP contribution in [0.15, 0.2) is 41.3 Å². The molecule has 5 nitrogen and oxygen atoms in total. The molecule has 0 radical (unpaired) electrons. The zero-order valence-corrected chi connectivity index (χ0v) is 12.7. The zero-order chi connectivity index (χ0) is 15.6. The number of hydrogen-bond donors (Lipinski definition) is 2. The number of nitrogens with two attached hydrogens (primary N) is 1. The molecular weight excluding hydrogens is 310 g/mol. The van der Waals surface area contributed by atoms with Gasteiger partial charge in [0, 0.05) is 5.02 Å². The van der Waals surface area contributed by atoms with E-state index in [4.69, 9.17) is 22.6 Å². The number of nitrogens with one attached hydrogen (secondary N) is 1. The summed E-state index contributed by atoms with van der Waals surface area (Å²) in [7, 11) is -3.84. The molecule has 2 aromatic carbocycles. The monoisotopic (exact) mass is 321 g/mol. The lowest BCUT2D eigenvalue weighted by Crippen LogP contribution is -2.15. The minimum Gasteiger partial charge on any atom is -0.397 e. The van der Waals surface area contributed by atoms with Crippen molar-refractivity contribution in [3.8, 4) is 6.07 Å². The molecule has 0 aromatic heterocycles. The highest BCUT2D eigenvalue weighted by molar-refractivity contribution is 7.92. The van der Waals surface area contributed by atoms with Crippen LogP contribution >= 0.6 is 11.6 Å². The Morgan fingerprint density at radius 2 is 1.95 bits per heavy atom. The molecule has 0 saturated heterocycles. The van der Waals surface area contributed by atoms with Gasteiger partial charge in [-0.25, -0.2) is 8.42 Å². The van der Waals surface area contributed by atoms with Crippen LogP contribution in [-0.2, 0) is 10.0 Å². The maximum Gasteiger partial charge on any atom is 0.262 e. The quantitative estimate of drug-likeness (QED) is 0.849. The zero-order valence-electron chi connectivity index (χ0n) is 11.1. The van der Waals surface area contributed by atoms with Crippen LogP contribution in [0, 0.1) is 18.3 Å². The minimum absolute atomic E-state index is 0.0379. The summed E-state index contributed by atoms with van der Waals surface area (Å²) in [5.41, 5.74) is 7.00. The molecular formula is C14H12ClN3O2S. The summed E-state index contributed by atoms with van der Waals surface area (Å²) in [6.07, 6.45) is 0. The predicted octanol–water partition coefficient (Wildman–Crippen LogP) is 2.90. The normalized spacial score (nSPS) is 10.9. The second-order valence-corrected chi connectivity index (χ2v) is 6.52. The Bertz CT molecular complexity index is 842. The molecule has 0 fully saturated rings. The van der Waals surface area contributed by atoms with E-state index in [1.165, 1.54) is 24.3 Å². The topological polar surface area (TPSA) is 96.0 Å². The summed E-state index contributed by atoms with van der Waals surface area (Å²) in [5.74, 6) is 0. The van der Waals surface area contributed by atoms with Crippen molar-refractivity contribution in [1.82, 2.24) is 0 Å². The van der Waals surface area contributed by atoms with E-state index >= 15 is 0 Å². The van der Waals surface area contributed by atoms with Gasteiger partial charge in [0.2, 0.25) is 0 Å². The second kappa shape index (κ2) is 5.64. The van der Waals surface area contributed by atoms with E-state index in [2.05, 4.69) is 4.72 Å². The second-order valence-electron chi connectivity index (χ2n) is 4.43. The first-order valence-electron chi connectivity index (χ1n) is 5.92. The third kappa shape index (κ3) is 3.27. The Morgan fingerprint density at radius 3 is 2.57 bits per heavy atom. The van der Waals surface area contributed by atoms with Crippen LogP contribution in [0.2, 0.25) is 5.02 Å². The fourth-order valence-electron chi connectivity index (χ4n) is 1.79. The van der Waals surface area contributed by atoms with Crippen molar-refractivity contribution in [2.45, 2.75) is 11.8 Å². The molecule has 0 atom stereocenters. The lowest BCUT2D eigenvalue weighted by Gasteiger charge is -2.12. The predicted molar refractivity (Wildman–Crippen MR) is 82.6 cm³/mol. The number of nitrogen functional groups attached to an aromatic ring is 1. The van der Waals surface area contributed by atoms with Crippen molar-refractivity contribution in [3.05, 3.63) is 52.5 Å². The van der Waals surface area contributed by atoms with Crippen LogP contribution in [-0.4, -0.2) is 8.42 Å². The van der Waals surface area contributed by atoms with E-state index in [-0.39, 0.29) is 21.8 Å². The van der Waals surface area contributed by atoms with Crippen molar-refractivity contribution in [3.63, 3.8) is 0 Å². The molecule has 0 aliphatic heterocycles. The van der Waals surface area contributed by atoms with Gasteiger partial charge in [0.05, 0.1) is 27.9 Å². The Balaban J connectivity index is 2.46. The van der Waals surface area contributed by atoms with Crippen LogP contribution in [0.4, 0.5) is 11.4 Å². The molecule has 0 amide bonds. The highest BCUT2D eigenvalue weighted by Gasteiger charge is 2.18. The molecule has 108 valence electrons. The Kier molecular flexibility index (Phi) is 4.07. The molecule has 0 saturated carbocycles. The molecule has 0 spiro atoms. The number of hydrogen-bond acceptors (Lipinski definition) is 4. The fourth-order valence-corrected chi connectivity index (χ4v) is 3.33. The van der Waals surface area contributed by atoms with Crippen molar-refractivity contribution < 1.29 is 8.42 Å². The number of benzene rings is 2. The molecule has 2 aromatic rings. The highest BCUT2D eigenvalue weighted by atomic mass is 35.5. The summed E-state index contributed by atoms with van der Waals surface area (Å²) < 4.78 is 27.2. The first-order chi connectivity index (χ1) is 9.83. The molecule has 3 N–H and O–H groups in total. The number of rotatable bonds is 3. The minimum atomic E-state index is -3.84. The number of nitriles is 1. The van der Waals surface area contributed by atoms with Crippen molar-refractivity contribution in [2.75, 3.05) is 10.5 Å². The number of aryl methyl sites for hydroxylation is 1. The maximum absolute atomic E-state index is 12.4. The first-order valence-corrected chi connectivity index (χ1v) is 7.78. The lowest BCUT2D eigenvalue weighted by atomic mass is 10.2. The highest BCUT2D eigenvalue weighted by Crippen LogP contribution is 2.26. The van der Waals surface area contributed by atoms with Gasteiger partial charge >= 0.3 is 0 Å². The maximum atomic E-state index is 12.4. The Morgan fingerprint density at radius 1 is 1.24 bits per heavy atom. The molecule has 21 heavy (non-hydrogen) atoms. The van der Waals surface area contributed by atoms with Crippen LogP contribution in [0.3, 0.4) is 0 Å². The first kappa shape index (κ1) is 15.2. The van der Waals surface area contributed by atoms with E-state index in [0.29, 0.717) is 10.6 Å². The van der Waals surface area contributed by atoms with Crippen molar-refractivity contribution in [2.24, 2.45) is 0 Å². The average Bonchev–Trinajstić information content (AvgIpc) is 2.42. The van der Waals surface area contributed by atoms with Gasteiger partial charge in [-0.2, -0.15) is 5.26 Å². The number of sulfonamides is 1. The summed E-state index contributed by atoms with van der Waals surface area (Å²) in [5, 5.41) is 9.30. The number of nitrogens with zero attached hydrogens (tertiary/aromatic N) is 1. The van der Waals surface area contributed by atoms with E-state index in [9.17, 15) is 8.42 Å². The fraction of sp³-hybridized carbons (Fsp3) is 0.0714. The van der Waals surface area contributed by atoms with E-state index in [1.54, 1.807) is 19.1 Å². The summed E-state index contributed by atoms with van der Waals surface area (Å²) in [6.45, 7) is 1.65. The lowest BCUT2D eigenvalue weighted by molar-refractivity contribution is 0.600.